The van der Waals surface area contributed by atoms with Gasteiger partial charge in [-0.2, -0.15) is 0 Å². The molecule has 0 saturated carbocycles. The SMILES string of the molecule is C=CCN=c1sc(C)c(-c2ccc(OC)cc2)n1-c1ccc(C)cc1. The first kappa shape index (κ1) is 17.2. The summed E-state index contributed by atoms with van der Waals surface area (Å²) in [5.41, 5.74) is 4.67. The quantitative estimate of drug-likeness (QED) is 0.600. The summed E-state index contributed by atoms with van der Waals surface area (Å²) in [5.74, 6) is 0.857. The molecular weight excluding hydrogens is 328 g/mol. The molecule has 3 aromatic rings. The molecule has 3 rings (SSSR count). The van der Waals surface area contributed by atoms with Gasteiger partial charge in [-0.15, -0.1) is 17.9 Å². The molecule has 0 aliphatic carbocycles. The summed E-state index contributed by atoms with van der Waals surface area (Å²) >= 11 is 1.70. The fraction of sp³-hybridized carbons (Fsp3) is 0.190. The molecule has 0 atom stereocenters. The van der Waals surface area contributed by atoms with Crippen LogP contribution in [0.25, 0.3) is 16.9 Å². The molecule has 0 bridgehead atoms. The van der Waals surface area contributed by atoms with Crippen molar-refractivity contribution in [3.8, 4) is 22.7 Å². The van der Waals surface area contributed by atoms with Gasteiger partial charge in [-0.3, -0.25) is 9.56 Å². The van der Waals surface area contributed by atoms with Crippen molar-refractivity contribution >= 4 is 11.3 Å². The van der Waals surface area contributed by atoms with Crippen molar-refractivity contribution in [1.29, 1.82) is 0 Å². The topological polar surface area (TPSA) is 26.5 Å². The minimum Gasteiger partial charge on any atom is -0.497 e. The molecule has 128 valence electrons. The van der Waals surface area contributed by atoms with Crippen LogP contribution in [0.5, 0.6) is 5.75 Å². The Morgan fingerprint density at radius 3 is 2.36 bits per heavy atom. The number of nitrogens with zero attached hydrogens (tertiary/aromatic N) is 2. The van der Waals surface area contributed by atoms with Gasteiger partial charge in [0.05, 0.1) is 19.3 Å². The van der Waals surface area contributed by atoms with Gasteiger partial charge >= 0.3 is 0 Å². The second-order valence-electron chi connectivity index (χ2n) is 5.82. The van der Waals surface area contributed by atoms with Gasteiger partial charge in [0.2, 0.25) is 0 Å². The van der Waals surface area contributed by atoms with E-state index >= 15 is 0 Å². The summed E-state index contributed by atoms with van der Waals surface area (Å²) in [7, 11) is 1.68. The van der Waals surface area contributed by atoms with Crippen LogP contribution in [-0.4, -0.2) is 18.2 Å². The van der Waals surface area contributed by atoms with Crippen molar-refractivity contribution in [2.24, 2.45) is 4.99 Å². The molecule has 1 heterocycles. The monoisotopic (exact) mass is 350 g/mol. The van der Waals surface area contributed by atoms with Crippen LogP contribution >= 0.6 is 11.3 Å². The Balaban J connectivity index is 2.24. The van der Waals surface area contributed by atoms with Crippen LogP contribution < -0.4 is 9.54 Å². The maximum Gasteiger partial charge on any atom is 0.190 e. The van der Waals surface area contributed by atoms with Crippen molar-refractivity contribution < 1.29 is 4.74 Å². The molecule has 0 radical (unpaired) electrons. The fourth-order valence-electron chi connectivity index (χ4n) is 2.74. The number of aromatic nitrogens is 1. The highest BCUT2D eigenvalue weighted by atomic mass is 32.1. The molecule has 0 amide bonds. The highest BCUT2D eigenvalue weighted by Crippen LogP contribution is 2.29. The molecule has 4 heteroatoms. The zero-order valence-electron chi connectivity index (χ0n) is 14.8. The Bertz CT molecular complexity index is 932. The summed E-state index contributed by atoms with van der Waals surface area (Å²) in [4.78, 5) is 6.91. The van der Waals surface area contributed by atoms with Gasteiger partial charge in [0.15, 0.2) is 4.80 Å². The lowest BCUT2D eigenvalue weighted by molar-refractivity contribution is 0.415. The molecule has 0 fully saturated rings. The summed E-state index contributed by atoms with van der Waals surface area (Å²) in [6.45, 7) is 8.63. The van der Waals surface area contributed by atoms with Gasteiger partial charge in [-0.1, -0.05) is 23.8 Å². The maximum absolute atomic E-state index is 5.29. The Morgan fingerprint density at radius 1 is 1.08 bits per heavy atom. The van der Waals surface area contributed by atoms with E-state index in [1.807, 2.05) is 18.2 Å². The van der Waals surface area contributed by atoms with Crippen LogP contribution in [0.1, 0.15) is 10.4 Å². The van der Waals surface area contributed by atoms with E-state index in [1.54, 1.807) is 18.4 Å². The highest BCUT2D eigenvalue weighted by Gasteiger charge is 2.14. The van der Waals surface area contributed by atoms with Crippen molar-refractivity contribution in [3.05, 3.63) is 76.4 Å². The first-order valence-electron chi connectivity index (χ1n) is 8.19. The third-order valence-electron chi connectivity index (χ3n) is 4.00. The number of thiazole rings is 1. The Labute approximate surface area is 152 Å². The first-order valence-corrected chi connectivity index (χ1v) is 9.01. The van der Waals surface area contributed by atoms with E-state index in [9.17, 15) is 0 Å². The van der Waals surface area contributed by atoms with Gasteiger partial charge in [-0.05, 0) is 55.8 Å². The van der Waals surface area contributed by atoms with Crippen LogP contribution in [-0.2, 0) is 0 Å². The normalized spacial score (nSPS) is 11.6. The summed E-state index contributed by atoms with van der Waals surface area (Å²) in [5, 5.41) is 0. The third kappa shape index (κ3) is 3.59. The number of benzene rings is 2. The largest absolute Gasteiger partial charge is 0.497 e. The Morgan fingerprint density at radius 2 is 1.76 bits per heavy atom. The van der Waals surface area contributed by atoms with E-state index in [2.05, 4.69) is 61.4 Å². The van der Waals surface area contributed by atoms with Gasteiger partial charge in [0.1, 0.15) is 5.75 Å². The number of hydrogen-bond acceptors (Lipinski definition) is 3. The van der Waals surface area contributed by atoms with E-state index in [1.165, 1.54) is 16.1 Å². The lowest BCUT2D eigenvalue weighted by Crippen LogP contribution is -2.14. The summed E-state index contributed by atoms with van der Waals surface area (Å²) < 4.78 is 7.51. The third-order valence-corrected chi connectivity index (χ3v) is 5.00. The molecule has 0 aliphatic heterocycles. The van der Waals surface area contributed by atoms with Crippen LogP contribution in [0.3, 0.4) is 0 Å². The van der Waals surface area contributed by atoms with Crippen molar-refractivity contribution in [3.63, 3.8) is 0 Å². The molecule has 0 N–H and O–H groups in total. The molecule has 3 nitrogen and oxygen atoms in total. The molecule has 0 spiro atoms. The van der Waals surface area contributed by atoms with Gasteiger partial charge in [0.25, 0.3) is 0 Å². The van der Waals surface area contributed by atoms with E-state index in [0.29, 0.717) is 6.54 Å². The predicted octanol–water partition coefficient (Wildman–Crippen LogP) is 4.92. The van der Waals surface area contributed by atoms with Crippen LogP contribution in [0.4, 0.5) is 0 Å². The summed E-state index contributed by atoms with van der Waals surface area (Å²) in [6.07, 6.45) is 1.82. The van der Waals surface area contributed by atoms with Gasteiger partial charge in [0, 0.05) is 10.6 Å². The Kier molecular flexibility index (Phi) is 5.19. The zero-order chi connectivity index (χ0) is 17.8. The molecule has 2 aromatic carbocycles. The standard InChI is InChI=1S/C21H22N2OS/c1-5-14-22-21-23(18-10-6-15(2)7-11-18)20(16(3)25-21)17-8-12-19(24-4)13-9-17/h5-13H,1,14H2,2-4H3. The lowest BCUT2D eigenvalue weighted by atomic mass is 10.1. The van der Waals surface area contributed by atoms with E-state index < -0.39 is 0 Å². The maximum atomic E-state index is 5.29. The first-order chi connectivity index (χ1) is 12.1. The second kappa shape index (κ2) is 7.53. The van der Waals surface area contributed by atoms with Crippen LogP contribution in [0.15, 0.2) is 66.2 Å². The van der Waals surface area contributed by atoms with Crippen molar-refractivity contribution in [1.82, 2.24) is 4.57 Å². The highest BCUT2D eigenvalue weighted by molar-refractivity contribution is 7.09. The molecule has 25 heavy (non-hydrogen) atoms. The molecule has 0 aliphatic rings. The van der Waals surface area contributed by atoms with Crippen molar-refractivity contribution in [2.75, 3.05) is 13.7 Å². The molecule has 1 aromatic heterocycles. The van der Waals surface area contributed by atoms with E-state index in [0.717, 1.165) is 21.8 Å². The van der Waals surface area contributed by atoms with Crippen LogP contribution in [0.2, 0.25) is 0 Å². The second-order valence-corrected chi connectivity index (χ2v) is 7.00. The van der Waals surface area contributed by atoms with Crippen LogP contribution in [0, 0.1) is 13.8 Å². The average Bonchev–Trinajstić information content (AvgIpc) is 2.97. The minimum absolute atomic E-state index is 0.605. The van der Waals surface area contributed by atoms with Crippen molar-refractivity contribution in [2.45, 2.75) is 13.8 Å². The van der Waals surface area contributed by atoms with Gasteiger partial charge in [-0.25, -0.2) is 0 Å². The minimum atomic E-state index is 0.605. The number of ether oxygens (including phenoxy) is 1. The molecule has 0 saturated heterocycles. The fourth-order valence-corrected chi connectivity index (χ4v) is 3.75. The smallest absolute Gasteiger partial charge is 0.190 e. The predicted molar refractivity (Wildman–Crippen MR) is 106 cm³/mol. The zero-order valence-corrected chi connectivity index (χ0v) is 15.6. The number of methoxy groups -OCH3 is 1. The van der Waals surface area contributed by atoms with E-state index in [4.69, 9.17) is 9.73 Å². The lowest BCUT2D eigenvalue weighted by Gasteiger charge is -2.11. The number of hydrogen-bond donors (Lipinski definition) is 0. The number of rotatable bonds is 5. The molecular formula is C21H22N2OS. The van der Waals surface area contributed by atoms with Gasteiger partial charge < -0.3 is 4.74 Å². The number of aryl methyl sites for hydroxylation is 2. The molecule has 0 unspecified atom stereocenters. The Hall–Kier alpha value is -2.59. The summed E-state index contributed by atoms with van der Waals surface area (Å²) in [6, 6.07) is 16.7. The van der Waals surface area contributed by atoms with E-state index in [-0.39, 0.29) is 0 Å². The average molecular weight is 350 g/mol.